The molecule has 0 aromatic rings. The number of rotatable bonds is 3. The van der Waals surface area contributed by atoms with Crippen LogP contribution in [-0.4, -0.2) is 43.3 Å². The molecule has 1 saturated carbocycles. The van der Waals surface area contributed by atoms with Gasteiger partial charge in [-0.25, -0.2) is 0 Å². The van der Waals surface area contributed by atoms with Crippen LogP contribution in [0.3, 0.4) is 0 Å². The van der Waals surface area contributed by atoms with Crippen LogP contribution in [-0.2, 0) is 4.74 Å². The second kappa shape index (κ2) is 5.25. The summed E-state index contributed by atoms with van der Waals surface area (Å²) in [6.45, 7) is 7.82. The molecule has 4 unspecified atom stereocenters. The summed E-state index contributed by atoms with van der Waals surface area (Å²) >= 11 is 0. The summed E-state index contributed by atoms with van der Waals surface area (Å²) in [6, 6.07) is 0. The van der Waals surface area contributed by atoms with Gasteiger partial charge in [0.15, 0.2) is 0 Å². The van der Waals surface area contributed by atoms with Crippen LogP contribution < -0.4 is 5.73 Å². The molecule has 4 atom stereocenters. The molecule has 3 nitrogen and oxygen atoms in total. The van der Waals surface area contributed by atoms with Crippen LogP contribution >= 0.6 is 0 Å². The van der Waals surface area contributed by atoms with Crippen molar-refractivity contribution in [2.75, 3.05) is 26.7 Å². The minimum absolute atomic E-state index is 0.263. The van der Waals surface area contributed by atoms with Gasteiger partial charge in [-0.2, -0.15) is 0 Å². The van der Waals surface area contributed by atoms with Gasteiger partial charge in [0.2, 0.25) is 0 Å². The first kappa shape index (κ1) is 13.3. The predicted molar refractivity (Wildman–Crippen MR) is 71.0 cm³/mol. The van der Waals surface area contributed by atoms with Crippen molar-refractivity contribution in [3.63, 3.8) is 0 Å². The highest BCUT2D eigenvalue weighted by Gasteiger charge is 2.43. The van der Waals surface area contributed by atoms with Gasteiger partial charge < -0.3 is 10.5 Å². The highest BCUT2D eigenvalue weighted by molar-refractivity contribution is 5.00. The van der Waals surface area contributed by atoms with Crippen molar-refractivity contribution in [3.05, 3.63) is 0 Å². The summed E-state index contributed by atoms with van der Waals surface area (Å²) in [5, 5.41) is 0. The van der Waals surface area contributed by atoms with E-state index in [1.165, 1.54) is 25.7 Å². The van der Waals surface area contributed by atoms with Gasteiger partial charge in [0, 0.05) is 32.3 Å². The van der Waals surface area contributed by atoms with E-state index in [1.807, 2.05) is 7.11 Å². The number of likely N-dealkylation sites (tertiary alicyclic amines) is 1. The van der Waals surface area contributed by atoms with Crippen LogP contribution in [0.4, 0.5) is 0 Å². The molecular weight excluding hydrogens is 212 g/mol. The Bertz CT molecular complexity index is 259. The van der Waals surface area contributed by atoms with Crippen molar-refractivity contribution < 1.29 is 4.74 Å². The zero-order chi connectivity index (χ0) is 12.5. The van der Waals surface area contributed by atoms with Gasteiger partial charge in [-0.15, -0.1) is 0 Å². The average Bonchev–Trinajstić information content (AvgIpc) is 2.82. The molecule has 100 valence electrons. The lowest BCUT2D eigenvalue weighted by atomic mass is 9.70. The monoisotopic (exact) mass is 240 g/mol. The Hall–Kier alpha value is -0.120. The average molecular weight is 240 g/mol. The minimum Gasteiger partial charge on any atom is -0.380 e. The summed E-state index contributed by atoms with van der Waals surface area (Å²) in [5.41, 5.74) is 6.39. The number of ether oxygens (including phenoxy) is 1. The molecule has 0 spiro atoms. The molecule has 2 fully saturated rings. The minimum atomic E-state index is 0.263. The number of nitrogens with zero attached hydrogens (tertiary/aromatic N) is 1. The second-order valence-corrected chi connectivity index (χ2v) is 6.22. The molecule has 1 aliphatic carbocycles. The van der Waals surface area contributed by atoms with E-state index in [0.717, 1.165) is 31.5 Å². The van der Waals surface area contributed by atoms with Crippen molar-refractivity contribution in [1.82, 2.24) is 4.90 Å². The molecule has 17 heavy (non-hydrogen) atoms. The molecule has 2 N–H and O–H groups in total. The Morgan fingerprint density at radius 3 is 2.59 bits per heavy atom. The van der Waals surface area contributed by atoms with Crippen molar-refractivity contribution in [1.29, 1.82) is 0 Å². The van der Waals surface area contributed by atoms with Gasteiger partial charge in [-0.3, -0.25) is 4.90 Å². The molecule has 0 radical (unpaired) electrons. The normalized spacial score (nSPS) is 44.1. The predicted octanol–water partition coefficient (Wildman–Crippen LogP) is 1.86. The Balaban J connectivity index is 2.05. The number of methoxy groups -OCH3 is 1. The molecule has 1 aliphatic heterocycles. The van der Waals surface area contributed by atoms with Gasteiger partial charge in [-0.05, 0) is 37.5 Å². The van der Waals surface area contributed by atoms with E-state index >= 15 is 0 Å². The van der Waals surface area contributed by atoms with Crippen LogP contribution in [0.1, 0.15) is 39.5 Å². The van der Waals surface area contributed by atoms with E-state index in [2.05, 4.69) is 18.7 Å². The lowest BCUT2D eigenvalue weighted by Gasteiger charge is -2.48. The highest BCUT2D eigenvalue weighted by Crippen LogP contribution is 2.40. The highest BCUT2D eigenvalue weighted by atomic mass is 16.5. The largest absolute Gasteiger partial charge is 0.380 e. The van der Waals surface area contributed by atoms with E-state index in [9.17, 15) is 0 Å². The summed E-state index contributed by atoms with van der Waals surface area (Å²) in [7, 11) is 1.83. The Morgan fingerprint density at radius 2 is 2.06 bits per heavy atom. The van der Waals surface area contributed by atoms with Crippen LogP contribution in [0, 0.1) is 11.8 Å². The van der Waals surface area contributed by atoms with Crippen molar-refractivity contribution in [2.45, 2.75) is 51.2 Å². The fourth-order valence-corrected chi connectivity index (χ4v) is 3.64. The maximum atomic E-state index is 6.13. The lowest BCUT2D eigenvalue weighted by molar-refractivity contribution is 0.0228. The summed E-state index contributed by atoms with van der Waals surface area (Å²) in [4.78, 5) is 2.61. The quantitative estimate of drug-likeness (QED) is 0.818. The standard InChI is InChI=1S/C14H28N2O/c1-11-4-6-14(10-15,8-12(11)2)16-7-5-13(9-16)17-3/h11-13H,4-10,15H2,1-3H3. The first-order chi connectivity index (χ1) is 8.11. The Labute approximate surface area is 106 Å². The van der Waals surface area contributed by atoms with Crippen molar-refractivity contribution in [2.24, 2.45) is 17.6 Å². The Kier molecular flexibility index (Phi) is 4.11. The summed E-state index contributed by atoms with van der Waals surface area (Å²) < 4.78 is 5.49. The van der Waals surface area contributed by atoms with E-state index in [1.54, 1.807) is 0 Å². The molecule has 0 aromatic heterocycles. The number of nitrogens with two attached hydrogens (primary N) is 1. The number of hydrogen-bond donors (Lipinski definition) is 1. The van der Waals surface area contributed by atoms with Gasteiger partial charge >= 0.3 is 0 Å². The zero-order valence-corrected chi connectivity index (χ0v) is 11.6. The lowest BCUT2D eigenvalue weighted by Crippen LogP contribution is -2.56. The third-order valence-electron chi connectivity index (χ3n) is 5.27. The zero-order valence-electron chi connectivity index (χ0n) is 11.6. The van der Waals surface area contributed by atoms with E-state index < -0.39 is 0 Å². The summed E-state index contributed by atoms with van der Waals surface area (Å²) in [6.07, 6.45) is 5.45. The van der Waals surface area contributed by atoms with Gasteiger partial charge in [0.1, 0.15) is 0 Å². The molecule has 1 saturated heterocycles. The maximum Gasteiger partial charge on any atom is 0.0710 e. The SMILES string of the molecule is COC1CCN(C2(CN)CCC(C)C(C)C2)C1. The molecule has 0 bridgehead atoms. The van der Waals surface area contributed by atoms with Crippen LogP contribution in [0.5, 0.6) is 0 Å². The smallest absolute Gasteiger partial charge is 0.0710 e. The van der Waals surface area contributed by atoms with Crippen molar-refractivity contribution in [3.8, 4) is 0 Å². The van der Waals surface area contributed by atoms with Crippen LogP contribution in [0.25, 0.3) is 0 Å². The third kappa shape index (κ3) is 2.51. The maximum absolute atomic E-state index is 6.13. The molecular formula is C14H28N2O. The molecule has 0 aromatic carbocycles. The van der Waals surface area contributed by atoms with E-state index in [-0.39, 0.29) is 5.54 Å². The fourth-order valence-electron chi connectivity index (χ4n) is 3.64. The summed E-state index contributed by atoms with van der Waals surface area (Å²) in [5.74, 6) is 1.66. The van der Waals surface area contributed by atoms with E-state index in [4.69, 9.17) is 10.5 Å². The fraction of sp³-hybridized carbons (Fsp3) is 1.00. The number of hydrogen-bond acceptors (Lipinski definition) is 3. The first-order valence-electron chi connectivity index (χ1n) is 7.09. The Morgan fingerprint density at radius 1 is 1.29 bits per heavy atom. The third-order valence-corrected chi connectivity index (χ3v) is 5.27. The van der Waals surface area contributed by atoms with Gasteiger partial charge in [-0.1, -0.05) is 13.8 Å². The van der Waals surface area contributed by atoms with E-state index in [0.29, 0.717) is 6.10 Å². The second-order valence-electron chi connectivity index (χ2n) is 6.22. The molecule has 2 rings (SSSR count). The van der Waals surface area contributed by atoms with Crippen LogP contribution in [0.15, 0.2) is 0 Å². The van der Waals surface area contributed by atoms with Crippen molar-refractivity contribution >= 4 is 0 Å². The first-order valence-corrected chi connectivity index (χ1v) is 7.09. The topological polar surface area (TPSA) is 38.5 Å². The molecule has 2 aliphatic rings. The molecule has 1 heterocycles. The van der Waals surface area contributed by atoms with Gasteiger partial charge in [0.25, 0.3) is 0 Å². The van der Waals surface area contributed by atoms with Gasteiger partial charge in [0.05, 0.1) is 6.10 Å². The molecule has 0 amide bonds. The molecule has 3 heteroatoms. The van der Waals surface area contributed by atoms with Crippen LogP contribution in [0.2, 0.25) is 0 Å².